The summed E-state index contributed by atoms with van der Waals surface area (Å²) in [4.78, 5) is 15.8. The van der Waals surface area contributed by atoms with E-state index in [0.717, 1.165) is 28.8 Å². The maximum absolute atomic E-state index is 12.5. The molecule has 108 valence electrons. The van der Waals surface area contributed by atoms with E-state index < -0.39 is 11.7 Å². The summed E-state index contributed by atoms with van der Waals surface area (Å²) in [6.45, 7) is 0.752. The van der Waals surface area contributed by atoms with Gasteiger partial charge in [0.2, 0.25) is 5.91 Å². The van der Waals surface area contributed by atoms with Crippen LogP contribution in [0.3, 0.4) is 0 Å². The second-order valence-electron chi connectivity index (χ2n) is 3.91. The van der Waals surface area contributed by atoms with Crippen LogP contribution in [0.4, 0.5) is 18.9 Å². The summed E-state index contributed by atoms with van der Waals surface area (Å²) in [7, 11) is 0. The van der Waals surface area contributed by atoms with Crippen molar-refractivity contribution in [3.05, 3.63) is 29.8 Å². The van der Waals surface area contributed by atoms with E-state index in [1.807, 2.05) is 0 Å². The minimum atomic E-state index is -4.41. The number of halogens is 3. The van der Waals surface area contributed by atoms with Crippen molar-refractivity contribution >= 4 is 39.5 Å². The highest BCUT2D eigenvalue weighted by molar-refractivity contribution is 8.39. The number of nitrogens with zero attached hydrogens (tertiary/aromatic N) is 1. The van der Waals surface area contributed by atoms with Gasteiger partial charge in [0.25, 0.3) is 0 Å². The number of benzene rings is 1. The Hall–Kier alpha value is -1.15. The monoisotopic (exact) mass is 320 g/mol. The van der Waals surface area contributed by atoms with Crippen molar-refractivity contribution in [2.45, 2.75) is 6.18 Å². The lowest BCUT2D eigenvalue weighted by Crippen LogP contribution is -2.15. The molecular formula is C12H11F3N2OS2. The molecule has 1 aromatic rings. The fraction of sp³-hybridized carbons (Fsp3) is 0.333. The third-order valence-electron chi connectivity index (χ3n) is 2.36. The fourth-order valence-corrected chi connectivity index (χ4v) is 3.31. The van der Waals surface area contributed by atoms with Crippen molar-refractivity contribution in [3.63, 3.8) is 0 Å². The average molecular weight is 320 g/mol. The normalized spacial score (nSPS) is 15.1. The van der Waals surface area contributed by atoms with Gasteiger partial charge < -0.3 is 5.32 Å². The highest BCUT2D eigenvalue weighted by Gasteiger charge is 2.30. The highest BCUT2D eigenvalue weighted by atomic mass is 32.2. The van der Waals surface area contributed by atoms with Gasteiger partial charge >= 0.3 is 6.18 Å². The van der Waals surface area contributed by atoms with Crippen molar-refractivity contribution < 1.29 is 18.0 Å². The number of carbonyl (C=O) groups excluding carboxylic acids is 1. The molecule has 1 heterocycles. The van der Waals surface area contributed by atoms with Crippen LogP contribution in [0.25, 0.3) is 0 Å². The van der Waals surface area contributed by atoms with E-state index in [9.17, 15) is 18.0 Å². The van der Waals surface area contributed by atoms with E-state index in [4.69, 9.17) is 0 Å². The van der Waals surface area contributed by atoms with Crippen LogP contribution in [0, 0.1) is 0 Å². The molecule has 1 N–H and O–H groups in total. The zero-order valence-electron chi connectivity index (χ0n) is 10.2. The number of alkyl halides is 3. The largest absolute Gasteiger partial charge is 0.416 e. The second kappa shape index (κ2) is 6.53. The molecule has 1 amide bonds. The number of amides is 1. The average Bonchev–Trinajstić information content (AvgIpc) is 2.89. The Morgan fingerprint density at radius 2 is 2.25 bits per heavy atom. The molecule has 0 bridgehead atoms. The first-order valence-corrected chi connectivity index (χ1v) is 7.69. The van der Waals surface area contributed by atoms with Gasteiger partial charge in [-0.1, -0.05) is 29.6 Å². The van der Waals surface area contributed by atoms with Crippen LogP contribution in [0.15, 0.2) is 29.3 Å². The third kappa shape index (κ3) is 4.45. The van der Waals surface area contributed by atoms with E-state index in [-0.39, 0.29) is 17.3 Å². The molecule has 2 rings (SSSR count). The van der Waals surface area contributed by atoms with E-state index >= 15 is 0 Å². The maximum Gasteiger partial charge on any atom is 0.416 e. The molecule has 0 spiro atoms. The van der Waals surface area contributed by atoms with E-state index in [1.54, 1.807) is 11.8 Å². The lowest BCUT2D eigenvalue weighted by atomic mass is 10.2. The molecule has 0 radical (unpaired) electrons. The van der Waals surface area contributed by atoms with Crippen LogP contribution < -0.4 is 5.32 Å². The molecule has 3 nitrogen and oxygen atoms in total. The van der Waals surface area contributed by atoms with Gasteiger partial charge in [-0.15, -0.1) is 0 Å². The first kappa shape index (κ1) is 15.2. The number of hydrogen-bond acceptors (Lipinski definition) is 4. The maximum atomic E-state index is 12.5. The summed E-state index contributed by atoms with van der Waals surface area (Å²) >= 11 is 2.88. The van der Waals surface area contributed by atoms with Crippen LogP contribution >= 0.6 is 23.5 Å². The van der Waals surface area contributed by atoms with Gasteiger partial charge in [0.05, 0.1) is 17.9 Å². The lowest BCUT2D eigenvalue weighted by molar-refractivity contribution is -0.137. The number of carbonyl (C=O) groups is 1. The number of aliphatic imine (C=N–C) groups is 1. The summed E-state index contributed by atoms with van der Waals surface area (Å²) in [6.07, 6.45) is -4.41. The van der Waals surface area contributed by atoms with Crippen LogP contribution in [0.5, 0.6) is 0 Å². The van der Waals surface area contributed by atoms with Gasteiger partial charge in [0, 0.05) is 11.4 Å². The Morgan fingerprint density at radius 3 is 2.90 bits per heavy atom. The minimum absolute atomic E-state index is 0.141. The fourth-order valence-electron chi connectivity index (χ4n) is 1.50. The molecule has 0 saturated heterocycles. The smallest absolute Gasteiger partial charge is 0.325 e. The zero-order valence-corrected chi connectivity index (χ0v) is 11.9. The van der Waals surface area contributed by atoms with E-state index in [0.29, 0.717) is 0 Å². The van der Waals surface area contributed by atoms with Crippen LogP contribution in [0.1, 0.15) is 5.56 Å². The molecular weight excluding hydrogens is 309 g/mol. The second-order valence-corrected chi connectivity index (χ2v) is 6.22. The molecule has 1 aromatic carbocycles. The number of rotatable bonds is 3. The number of nitrogens with one attached hydrogen (secondary N) is 1. The van der Waals surface area contributed by atoms with Gasteiger partial charge in [0.15, 0.2) is 0 Å². The minimum Gasteiger partial charge on any atom is -0.325 e. The predicted octanol–water partition coefficient (Wildman–Crippen LogP) is 3.48. The molecule has 20 heavy (non-hydrogen) atoms. The summed E-state index contributed by atoms with van der Waals surface area (Å²) in [5, 5.41) is 2.45. The standard InChI is InChI=1S/C12H11F3N2OS2/c13-12(14,15)8-2-1-3-9(6-8)17-10(18)7-20-11-16-4-5-19-11/h1-3,6H,4-5,7H2,(H,17,18). The molecule has 1 aliphatic heterocycles. The SMILES string of the molecule is O=C(CSC1=NCCS1)Nc1cccc(C(F)(F)F)c1. The summed E-state index contributed by atoms with van der Waals surface area (Å²) in [6, 6.07) is 4.58. The number of anilines is 1. The van der Waals surface area contributed by atoms with Gasteiger partial charge in [0.1, 0.15) is 4.38 Å². The quantitative estimate of drug-likeness (QED) is 0.927. The highest BCUT2D eigenvalue weighted by Crippen LogP contribution is 2.30. The Morgan fingerprint density at radius 1 is 1.45 bits per heavy atom. The molecule has 8 heteroatoms. The van der Waals surface area contributed by atoms with Gasteiger partial charge in [-0.2, -0.15) is 13.2 Å². The van der Waals surface area contributed by atoms with Crippen molar-refractivity contribution in [1.82, 2.24) is 0 Å². The lowest BCUT2D eigenvalue weighted by Gasteiger charge is -2.09. The molecule has 0 fully saturated rings. The third-order valence-corrected chi connectivity index (χ3v) is 4.61. The van der Waals surface area contributed by atoms with Crippen molar-refractivity contribution in [2.24, 2.45) is 4.99 Å². The van der Waals surface area contributed by atoms with Crippen LogP contribution in [-0.4, -0.2) is 28.3 Å². The van der Waals surface area contributed by atoms with Gasteiger partial charge in [-0.25, -0.2) is 0 Å². The van der Waals surface area contributed by atoms with Crippen molar-refractivity contribution in [2.75, 3.05) is 23.4 Å². The van der Waals surface area contributed by atoms with Crippen molar-refractivity contribution in [1.29, 1.82) is 0 Å². The first-order valence-electron chi connectivity index (χ1n) is 5.72. The van der Waals surface area contributed by atoms with E-state index in [2.05, 4.69) is 10.3 Å². The van der Waals surface area contributed by atoms with Crippen LogP contribution in [0.2, 0.25) is 0 Å². The molecule has 0 aliphatic carbocycles. The van der Waals surface area contributed by atoms with Gasteiger partial charge in [-0.3, -0.25) is 9.79 Å². The number of hydrogen-bond donors (Lipinski definition) is 1. The predicted molar refractivity (Wildman–Crippen MR) is 77.3 cm³/mol. The Balaban J connectivity index is 1.90. The first-order chi connectivity index (χ1) is 9.45. The summed E-state index contributed by atoms with van der Waals surface area (Å²) < 4.78 is 38.4. The van der Waals surface area contributed by atoms with Crippen LogP contribution in [-0.2, 0) is 11.0 Å². The Kier molecular flexibility index (Phi) is 4.98. The number of thioether (sulfide) groups is 2. The van der Waals surface area contributed by atoms with Gasteiger partial charge in [-0.05, 0) is 18.2 Å². The summed E-state index contributed by atoms with van der Waals surface area (Å²) in [5.41, 5.74) is -0.634. The molecule has 1 aliphatic rings. The van der Waals surface area contributed by atoms with Crippen molar-refractivity contribution in [3.8, 4) is 0 Å². The van der Waals surface area contributed by atoms with E-state index in [1.165, 1.54) is 23.9 Å². The molecule has 0 unspecified atom stereocenters. The molecule has 0 aromatic heterocycles. The Labute approximate surface area is 122 Å². The zero-order chi connectivity index (χ0) is 14.6. The summed E-state index contributed by atoms with van der Waals surface area (Å²) in [5.74, 6) is 0.712. The Bertz CT molecular complexity index is 532. The molecule has 0 atom stereocenters. The topological polar surface area (TPSA) is 41.5 Å². The molecule has 0 saturated carbocycles.